The Bertz CT molecular complexity index is 567. The minimum absolute atomic E-state index is 0.0786. The molecule has 1 heterocycles. The molecule has 0 unspecified atom stereocenters. The fourth-order valence-electron chi connectivity index (χ4n) is 2.95. The number of rotatable bonds is 4. The monoisotopic (exact) mass is 324 g/mol. The van der Waals surface area contributed by atoms with Crippen molar-refractivity contribution in [1.29, 1.82) is 0 Å². The van der Waals surface area contributed by atoms with Crippen LogP contribution in [0.1, 0.15) is 43.5 Å². The Balaban J connectivity index is 2.06. The normalized spacial score (nSPS) is 21.5. The molecule has 1 aliphatic heterocycles. The zero-order valence-corrected chi connectivity index (χ0v) is 13.6. The summed E-state index contributed by atoms with van der Waals surface area (Å²) >= 11 is 5.85. The molecular formula is C16H21ClN2O3. The predicted octanol–water partition coefficient (Wildman–Crippen LogP) is 2.61. The van der Waals surface area contributed by atoms with E-state index in [9.17, 15) is 9.59 Å². The van der Waals surface area contributed by atoms with Crippen LogP contribution < -0.4 is 10.5 Å². The van der Waals surface area contributed by atoms with Crippen LogP contribution in [-0.2, 0) is 4.79 Å². The fraction of sp³-hybridized carbons (Fsp3) is 0.500. The molecule has 0 bridgehead atoms. The van der Waals surface area contributed by atoms with Gasteiger partial charge < -0.3 is 15.4 Å². The number of amides is 2. The van der Waals surface area contributed by atoms with E-state index >= 15 is 0 Å². The molecule has 6 heteroatoms. The van der Waals surface area contributed by atoms with Gasteiger partial charge in [0.15, 0.2) is 6.61 Å². The number of benzene rings is 1. The molecule has 0 aliphatic carbocycles. The van der Waals surface area contributed by atoms with Gasteiger partial charge in [-0.05, 0) is 51.3 Å². The maximum absolute atomic E-state index is 12.4. The van der Waals surface area contributed by atoms with Gasteiger partial charge in [0.05, 0.1) is 5.56 Å². The van der Waals surface area contributed by atoms with E-state index in [1.54, 1.807) is 12.1 Å². The second kappa shape index (κ2) is 7.01. The highest BCUT2D eigenvalue weighted by Crippen LogP contribution is 2.25. The SMILES string of the molecule is C[C@@H]1CCC[C@@H](C)N1C(=O)COc1ccc(Cl)cc1C(N)=O. The van der Waals surface area contributed by atoms with Gasteiger partial charge in [0.25, 0.3) is 11.8 Å². The van der Waals surface area contributed by atoms with Crippen LogP contribution in [0.5, 0.6) is 5.75 Å². The van der Waals surface area contributed by atoms with Crippen LogP contribution in [0.15, 0.2) is 18.2 Å². The van der Waals surface area contributed by atoms with E-state index in [4.69, 9.17) is 22.1 Å². The highest BCUT2D eigenvalue weighted by atomic mass is 35.5. The Morgan fingerprint density at radius 3 is 2.55 bits per heavy atom. The molecule has 1 fully saturated rings. The van der Waals surface area contributed by atoms with Crippen molar-refractivity contribution in [3.63, 3.8) is 0 Å². The first-order chi connectivity index (χ1) is 10.4. The van der Waals surface area contributed by atoms with Crippen molar-refractivity contribution in [1.82, 2.24) is 4.90 Å². The summed E-state index contributed by atoms with van der Waals surface area (Å²) in [4.78, 5) is 25.7. The first-order valence-corrected chi connectivity index (χ1v) is 7.81. The number of hydrogen-bond acceptors (Lipinski definition) is 3. The Morgan fingerprint density at radius 2 is 1.95 bits per heavy atom. The number of likely N-dealkylation sites (tertiary alicyclic amines) is 1. The van der Waals surface area contributed by atoms with Gasteiger partial charge in [-0.2, -0.15) is 0 Å². The number of halogens is 1. The zero-order valence-electron chi connectivity index (χ0n) is 12.8. The summed E-state index contributed by atoms with van der Waals surface area (Å²) in [5.41, 5.74) is 5.48. The molecule has 2 rings (SSSR count). The Labute approximate surface area is 135 Å². The molecule has 5 nitrogen and oxygen atoms in total. The summed E-state index contributed by atoms with van der Waals surface area (Å²) in [6.45, 7) is 3.98. The zero-order chi connectivity index (χ0) is 16.3. The fourth-order valence-corrected chi connectivity index (χ4v) is 3.12. The third kappa shape index (κ3) is 3.71. The predicted molar refractivity (Wildman–Crippen MR) is 85.1 cm³/mol. The highest BCUT2D eigenvalue weighted by Gasteiger charge is 2.29. The van der Waals surface area contributed by atoms with Crippen LogP contribution in [0.2, 0.25) is 5.02 Å². The highest BCUT2D eigenvalue weighted by molar-refractivity contribution is 6.31. The molecule has 2 N–H and O–H groups in total. The molecule has 0 spiro atoms. The van der Waals surface area contributed by atoms with Crippen molar-refractivity contribution in [2.45, 2.75) is 45.2 Å². The van der Waals surface area contributed by atoms with Crippen molar-refractivity contribution < 1.29 is 14.3 Å². The van der Waals surface area contributed by atoms with Crippen molar-refractivity contribution in [2.75, 3.05) is 6.61 Å². The molecule has 1 saturated heterocycles. The summed E-state index contributed by atoms with van der Waals surface area (Å²) in [5, 5.41) is 0.394. The van der Waals surface area contributed by atoms with Crippen LogP contribution in [0, 0.1) is 0 Å². The van der Waals surface area contributed by atoms with E-state index in [0.29, 0.717) is 5.02 Å². The smallest absolute Gasteiger partial charge is 0.260 e. The molecule has 1 aliphatic rings. The number of primary amides is 1. The van der Waals surface area contributed by atoms with Crippen LogP contribution >= 0.6 is 11.6 Å². The Morgan fingerprint density at radius 1 is 1.32 bits per heavy atom. The summed E-state index contributed by atoms with van der Waals surface area (Å²) < 4.78 is 5.51. The van der Waals surface area contributed by atoms with Crippen LogP contribution in [0.3, 0.4) is 0 Å². The summed E-state index contributed by atoms with van der Waals surface area (Å²) in [6.07, 6.45) is 3.14. The Kier molecular flexibility index (Phi) is 5.29. The molecule has 2 atom stereocenters. The van der Waals surface area contributed by atoms with Crippen molar-refractivity contribution in [3.8, 4) is 5.75 Å². The average Bonchev–Trinajstić information content (AvgIpc) is 2.45. The molecular weight excluding hydrogens is 304 g/mol. The van der Waals surface area contributed by atoms with E-state index in [1.165, 1.54) is 6.07 Å². The van der Waals surface area contributed by atoms with E-state index < -0.39 is 5.91 Å². The molecule has 22 heavy (non-hydrogen) atoms. The summed E-state index contributed by atoms with van der Waals surface area (Å²) in [6, 6.07) is 5.01. The molecule has 0 saturated carbocycles. The lowest BCUT2D eigenvalue weighted by Crippen LogP contribution is -2.49. The quantitative estimate of drug-likeness (QED) is 0.925. The largest absolute Gasteiger partial charge is 0.483 e. The van der Waals surface area contributed by atoms with Crippen molar-refractivity contribution >= 4 is 23.4 Å². The standard InChI is InChI=1S/C16H21ClN2O3/c1-10-4-3-5-11(2)19(10)15(20)9-22-14-7-6-12(17)8-13(14)16(18)21/h6-8,10-11H,3-5,9H2,1-2H3,(H2,18,21)/t10-,11-/m1/s1. The van der Waals surface area contributed by atoms with Crippen LogP contribution in [0.25, 0.3) is 0 Å². The van der Waals surface area contributed by atoms with Crippen LogP contribution in [0.4, 0.5) is 0 Å². The third-order valence-corrected chi connectivity index (χ3v) is 4.27. The number of carbonyl (C=O) groups excluding carboxylic acids is 2. The van der Waals surface area contributed by atoms with E-state index in [-0.39, 0.29) is 35.9 Å². The van der Waals surface area contributed by atoms with Gasteiger partial charge in [-0.3, -0.25) is 9.59 Å². The van der Waals surface area contributed by atoms with Gasteiger partial charge in [0.1, 0.15) is 5.75 Å². The molecule has 0 radical (unpaired) electrons. The van der Waals surface area contributed by atoms with Crippen molar-refractivity contribution in [2.24, 2.45) is 5.73 Å². The van der Waals surface area contributed by atoms with E-state index in [2.05, 4.69) is 0 Å². The van der Waals surface area contributed by atoms with Gasteiger partial charge in [0.2, 0.25) is 0 Å². The van der Waals surface area contributed by atoms with Gasteiger partial charge in [0, 0.05) is 17.1 Å². The lowest BCUT2D eigenvalue weighted by molar-refractivity contribution is -0.139. The average molecular weight is 325 g/mol. The molecule has 2 amide bonds. The van der Waals surface area contributed by atoms with E-state index in [0.717, 1.165) is 19.3 Å². The second-order valence-electron chi connectivity index (χ2n) is 5.72. The van der Waals surface area contributed by atoms with Crippen LogP contribution in [-0.4, -0.2) is 35.4 Å². The topological polar surface area (TPSA) is 72.6 Å². The molecule has 0 aromatic heterocycles. The molecule has 120 valence electrons. The number of nitrogens with zero attached hydrogens (tertiary/aromatic N) is 1. The number of ether oxygens (including phenoxy) is 1. The third-order valence-electron chi connectivity index (χ3n) is 4.04. The first kappa shape index (κ1) is 16.6. The lowest BCUT2D eigenvalue weighted by atomic mass is 9.97. The lowest BCUT2D eigenvalue weighted by Gasteiger charge is -2.39. The van der Waals surface area contributed by atoms with Gasteiger partial charge in [-0.25, -0.2) is 0 Å². The summed E-state index contributed by atoms with van der Waals surface area (Å²) in [5.74, 6) is -0.433. The van der Waals surface area contributed by atoms with E-state index in [1.807, 2.05) is 18.7 Å². The van der Waals surface area contributed by atoms with Gasteiger partial charge >= 0.3 is 0 Å². The molecule has 1 aromatic carbocycles. The number of nitrogens with two attached hydrogens (primary N) is 1. The van der Waals surface area contributed by atoms with Gasteiger partial charge in [-0.15, -0.1) is 0 Å². The maximum atomic E-state index is 12.4. The number of carbonyl (C=O) groups is 2. The van der Waals surface area contributed by atoms with Crippen molar-refractivity contribution in [3.05, 3.63) is 28.8 Å². The van der Waals surface area contributed by atoms with Gasteiger partial charge in [-0.1, -0.05) is 11.6 Å². The first-order valence-electron chi connectivity index (χ1n) is 7.43. The Hall–Kier alpha value is -1.75. The summed E-state index contributed by atoms with van der Waals surface area (Å²) in [7, 11) is 0. The maximum Gasteiger partial charge on any atom is 0.260 e. The molecule has 1 aromatic rings. The second-order valence-corrected chi connectivity index (χ2v) is 6.16. The minimum atomic E-state index is -0.635. The number of piperidine rings is 1. The number of hydrogen-bond donors (Lipinski definition) is 1. The minimum Gasteiger partial charge on any atom is -0.483 e.